The van der Waals surface area contributed by atoms with Gasteiger partial charge in [0.25, 0.3) is 0 Å². The lowest BCUT2D eigenvalue weighted by atomic mass is 9.96. The molecular weight excluding hydrogens is 299 g/mol. The molecule has 1 fully saturated rings. The molecule has 116 valence electrons. The van der Waals surface area contributed by atoms with Crippen molar-refractivity contribution in [3.63, 3.8) is 0 Å². The van der Waals surface area contributed by atoms with Crippen LogP contribution in [0.1, 0.15) is 29.7 Å². The number of nitrogens with two attached hydrogens (primary N) is 1. The van der Waals surface area contributed by atoms with E-state index in [0.29, 0.717) is 24.3 Å². The van der Waals surface area contributed by atoms with Gasteiger partial charge >= 0.3 is 6.18 Å². The van der Waals surface area contributed by atoms with Gasteiger partial charge in [0.05, 0.1) is 11.5 Å². The van der Waals surface area contributed by atoms with E-state index < -0.39 is 12.1 Å². The Kier molecular flexibility index (Phi) is 4.41. The van der Waals surface area contributed by atoms with E-state index in [0.717, 1.165) is 11.3 Å². The Balaban J connectivity index is 2.39. The fraction of sp³-hybridized carbons (Fsp3) is 0.571. The molecule has 7 heteroatoms. The monoisotopic (exact) mass is 317 g/mol. The summed E-state index contributed by atoms with van der Waals surface area (Å²) >= 11 is 5.04. The van der Waals surface area contributed by atoms with Gasteiger partial charge in [0.1, 0.15) is 10.8 Å². The molecule has 1 aromatic heterocycles. The van der Waals surface area contributed by atoms with Crippen LogP contribution in [0.4, 0.5) is 19.0 Å². The van der Waals surface area contributed by atoms with Crippen LogP contribution in [0.5, 0.6) is 0 Å². The third kappa shape index (κ3) is 3.45. The maximum absolute atomic E-state index is 13.0. The average Bonchev–Trinajstić information content (AvgIpc) is 2.36. The summed E-state index contributed by atoms with van der Waals surface area (Å²) in [6.45, 7) is 4.11. The van der Waals surface area contributed by atoms with Gasteiger partial charge in [0.15, 0.2) is 0 Å². The number of hydrogen-bond donors (Lipinski definition) is 1. The summed E-state index contributed by atoms with van der Waals surface area (Å²) in [4.78, 5) is 6.22. The predicted octanol–water partition coefficient (Wildman–Crippen LogP) is 3.11. The zero-order valence-corrected chi connectivity index (χ0v) is 12.8. The first kappa shape index (κ1) is 16.0. The lowest BCUT2D eigenvalue weighted by Crippen LogP contribution is -2.43. The van der Waals surface area contributed by atoms with Crippen molar-refractivity contribution in [2.24, 2.45) is 11.7 Å². The highest BCUT2D eigenvalue weighted by molar-refractivity contribution is 7.80. The molecule has 3 nitrogen and oxygen atoms in total. The second-order valence-corrected chi connectivity index (χ2v) is 5.91. The molecule has 1 aromatic rings. The van der Waals surface area contributed by atoms with E-state index >= 15 is 0 Å². The minimum absolute atomic E-state index is 0.0883. The molecule has 2 heterocycles. The molecule has 2 rings (SSSR count). The summed E-state index contributed by atoms with van der Waals surface area (Å²) in [5.41, 5.74) is 7.91. The number of hydrogen-bond acceptors (Lipinski definition) is 3. The van der Waals surface area contributed by atoms with E-state index in [1.165, 1.54) is 0 Å². The SMILES string of the molecule is Cc1cc(C)c(C(N)=S)c(N2CCCC(C(F)(F)F)C2)n1. The Labute approximate surface area is 127 Å². The highest BCUT2D eigenvalue weighted by Gasteiger charge is 2.42. The fourth-order valence-electron chi connectivity index (χ4n) is 2.79. The van der Waals surface area contributed by atoms with Gasteiger partial charge in [-0.1, -0.05) is 12.2 Å². The number of halogens is 3. The predicted molar refractivity (Wildman–Crippen MR) is 80.6 cm³/mol. The van der Waals surface area contributed by atoms with Gasteiger partial charge in [0, 0.05) is 18.8 Å². The van der Waals surface area contributed by atoms with Crippen LogP contribution in [0.25, 0.3) is 0 Å². The number of pyridine rings is 1. The van der Waals surface area contributed by atoms with Crippen molar-refractivity contribution in [2.75, 3.05) is 18.0 Å². The Morgan fingerprint density at radius 3 is 2.67 bits per heavy atom. The number of anilines is 1. The average molecular weight is 317 g/mol. The maximum atomic E-state index is 13.0. The van der Waals surface area contributed by atoms with Crippen LogP contribution in [0.2, 0.25) is 0 Å². The Bertz CT molecular complexity index is 557. The van der Waals surface area contributed by atoms with Gasteiger partial charge in [-0.05, 0) is 38.3 Å². The van der Waals surface area contributed by atoms with Crippen molar-refractivity contribution in [3.05, 3.63) is 22.9 Å². The van der Waals surface area contributed by atoms with Crippen molar-refractivity contribution < 1.29 is 13.2 Å². The molecule has 0 bridgehead atoms. The Morgan fingerprint density at radius 1 is 1.43 bits per heavy atom. The first-order chi connectivity index (χ1) is 9.70. The van der Waals surface area contributed by atoms with Gasteiger partial charge in [-0.15, -0.1) is 0 Å². The van der Waals surface area contributed by atoms with E-state index in [1.807, 2.05) is 19.9 Å². The van der Waals surface area contributed by atoms with Gasteiger partial charge < -0.3 is 10.6 Å². The molecular formula is C14H18F3N3S. The topological polar surface area (TPSA) is 42.1 Å². The van der Waals surface area contributed by atoms with E-state index in [2.05, 4.69) is 4.98 Å². The van der Waals surface area contributed by atoms with Crippen molar-refractivity contribution in [2.45, 2.75) is 32.9 Å². The number of piperidine rings is 1. The molecule has 0 aromatic carbocycles. The third-order valence-electron chi connectivity index (χ3n) is 3.76. The van der Waals surface area contributed by atoms with Crippen LogP contribution in [0, 0.1) is 19.8 Å². The largest absolute Gasteiger partial charge is 0.393 e. The van der Waals surface area contributed by atoms with Crippen LogP contribution in [0.3, 0.4) is 0 Å². The van der Waals surface area contributed by atoms with Crippen molar-refractivity contribution in [1.29, 1.82) is 0 Å². The zero-order valence-electron chi connectivity index (χ0n) is 12.0. The third-order valence-corrected chi connectivity index (χ3v) is 3.96. The molecule has 1 aliphatic heterocycles. The van der Waals surface area contributed by atoms with E-state index in [9.17, 15) is 13.2 Å². The normalized spacial score (nSPS) is 19.7. The molecule has 1 saturated heterocycles. The Hall–Kier alpha value is -1.37. The molecule has 0 spiro atoms. The second kappa shape index (κ2) is 5.79. The van der Waals surface area contributed by atoms with Gasteiger partial charge in [0.2, 0.25) is 0 Å². The molecule has 1 atom stereocenters. The molecule has 0 radical (unpaired) electrons. The quantitative estimate of drug-likeness (QED) is 0.851. The van der Waals surface area contributed by atoms with Crippen LogP contribution in [-0.4, -0.2) is 29.2 Å². The Morgan fingerprint density at radius 2 is 2.10 bits per heavy atom. The molecule has 0 saturated carbocycles. The van der Waals surface area contributed by atoms with Crippen LogP contribution in [0.15, 0.2) is 6.07 Å². The molecule has 2 N–H and O–H groups in total. The minimum Gasteiger partial charge on any atom is -0.389 e. The van der Waals surface area contributed by atoms with E-state index in [4.69, 9.17) is 18.0 Å². The van der Waals surface area contributed by atoms with Crippen molar-refractivity contribution in [3.8, 4) is 0 Å². The van der Waals surface area contributed by atoms with E-state index in [1.54, 1.807) is 4.90 Å². The summed E-state index contributed by atoms with van der Waals surface area (Å²) in [7, 11) is 0. The van der Waals surface area contributed by atoms with Crippen LogP contribution < -0.4 is 10.6 Å². The van der Waals surface area contributed by atoms with Crippen LogP contribution in [-0.2, 0) is 0 Å². The summed E-state index contributed by atoms with van der Waals surface area (Å²) in [5.74, 6) is -0.845. The first-order valence-corrected chi connectivity index (χ1v) is 7.20. The van der Waals surface area contributed by atoms with Gasteiger partial charge in [-0.2, -0.15) is 13.2 Å². The molecule has 1 unspecified atom stereocenters. The minimum atomic E-state index is -4.18. The fourth-order valence-corrected chi connectivity index (χ4v) is 3.04. The summed E-state index contributed by atoms with van der Waals surface area (Å²) in [6, 6.07) is 1.84. The summed E-state index contributed by atoms with van der Waals surface area (Å²) < 4.78 is 38.9. The van der Waals surface area contributed by atoms with Crippen molar-refractivity contribution in [1.82, 2.24) is 4.98 Å². The number of aryl methyl sites for hydroxylation is 2. The first-order valence-electron chi connectivity index (χ1n) is 6.80. The summed E-state index contributed by atoms with van der Waals surface area (Å²) in [5, 5.41) is 0. The number of rotatable bonds is 2. The number of nitrogens with zero attached hydrogens (tertiary/aromatic N) is 2. The lowest BCUT2D eigenvalue weighted by Gasteiger charge is -2.35. The molecule has 21 heavy (non-hydrogen) atoms. The van der Waals surface area contributed by atoms with Crippen LogP contribution >= 0.6 is 12.2 Å². The second-order valence-electron chi connectivity index (χ2n) is 5.47. The standard InChI is InChI=1S/C14H18F3N3S/c1-8-6-9(2)19-13(11(8)12(18)21)20-5-3-4-10(7-20)14(15,16)17/h6,10H,3-5,7H2,1-2H3,(H2,18,21). The highest BCUT2D eigenvalue weighted by Crippen LogP contribution is 2.35. The number of alkyl halides is 3. The highest BCUT2D eigenvalue weighted by atomic mass is 32.1. The number of aromatic nitrogens is 1. The van der Waals surface area contributed by atoms with Gasteiger partial charge in [-0.25, -0.2) is 4.98 Å². The smallest absolute Gasteiger partial charge is 0.389 e. The molecule has 0 amide bonds. The maximum Gasteiger partial charge on any atom is 0.393 e. The van der Waals surface area contributed by atoms with Gasteiger partial charge in [-0.3, -0.25) is 0 Å². The molecule has 1 aliphatic rings. The summed E-state index contributed by atoms with van der Waals surface area (Å²) in [6.07, 6.45) is -3.54. The molecule has 0 aliphatic carbocycles. The number of thiocarbonyl (C=S) groups is 1. The van der Waals surface area contributed by atoms with Crippen molar-refractivity contribution >= 4 is 23.0 Å². The lowest BCUT2D eigenvalue weighted by molar-refractivity contribution is -0.176. The zero-order chi connectivity index (χ0) is 15.8. The van der Waals surface area contributed by atoms with E-state index in [-0.39, 0.29) is 18.0 Å².